The number of aliphatic hydroxyl groups excluding tert-OH is 1. The van der Waals surface area contributed by atoms with Gasteiger partial charge in [0.2, 0.25) is 0 Å². The molecule has 0 fully saturated rings. The third-order valence-electron chi connectivity index (χ3n) is 3.60. The second-order valence-corrected chi connectivity index (χ2v) is 5.61. The number of aliphatic hydroxyl groups is 1. The first-order valence-corrected chi connectivity index (χ1v) is 7.96. The van der Waals surface area contributed by atoms with Gasteiger partial charge in [-0.2, -0.15) is 0 Å². The Labute approximate surface area is 142 Å². The molecule has 1 N–H and O–H groups in total. The molecule has 0 aliphatic carbocycles. The first-order chi connectivity index (χ1) is 11.5. The lowest BCUT2D eigenvalue weighted by molar-refractivity contribution is -0.140. The predicted molar refractivity (Wildman–Crippen MR) is 92.2 cm³/mol. The first-order valence-electron chi connectivity index (χ1n) is 7.96. The maximum atomic E-state index is 11.9. The van der Waals surface area contributed by atoms with Gasteiger partial charge in [-0.3, -0.25) is 9.97 Å². The number of esters is 1. The summed E-state index contributed by atoms with van der Waals surface area (Å²) in [5.74, 6) is -0.581. The van der Waals surface area contributed by atoms with E-state index in [4.69, 9.17) is 4.74 Å². The summed E-state index contributed by atoms with van der Waals surface area (Å²) in [6, 6.07) is 7.16. The van der Waals surface area contributed by atoms with Crippen LogP contribution < -0.4 is 0 Å². The summed E-state index contributed by atoms with van der Waals surface area (Å²) in [6.07, 6.45) is 3.87. The van der Waals surface area contributed by atoms with Crippen molar-refractivity contribution < 1.29 is 14.6 Å². The van der Waals surface area contributed by atoms with E-state index in [0.29, 0.717) is 23.6 Å². The van der Waals surface area contributed by atoms with Crippen LogP contribution >= 0.6 is 0 Å². The molecule has 2 aromatic rings. The second kappa shape index (κ2) is 8.36. The van der Waals surface area contributed by atoms with Gasteiger partial charge >= 0.3 is 5.97 Å². The fourth-order valence-corrected chi connectivity index (χ4v) is 2.15. The molecule has 5 nitrogen and oxygen atoms in total. The van der Waals surface area contributed by atoms with Crippen molar-refractivity contribution in [3.05, 3.63) is 59.9 Å². The number of pyridine rings is 2. The van der Waals surface area contributed by atoms with Crippen molar-refractivity contribution in [1.29, 1.82) is 0 Å². The monoisotopic (exact) mass is 326 g/mol. The number of ether oxygens (including phenoxy) is 1. The van der Waals surface area contributed by atoms with Gasteiger partial charge < -0.3 is 9.84 Å². The number of aromatic nitrogens is 2. The largest absolute Gasteiger partial charge is 0.462 e. The van der Waals surface area contributed by atoms with E-state index >= 15 is 0 Å². The molecule has 0 bridgehead atoms. The summed E-state index contributed by atoms with van der Waals surface area (Å²) >= 11 is 0. The quantitative estimate of drug-likeness (QED) is 0.480. The Morgan fingerprint density at radius 2 is 1.92 bits per heavy atom. The van der Waals surface area contributed by atoms with E-state index in [9.17, 15) is 9.90 Å². The molecule has 2 rings (SSSR count). The summed E-state index contributed by atoms with van der Waals surface area (Å²) in [4.78, 5) is 20.5. The van der Waals surface area contributed by atoms with Crippen LogP contribution in [0.25, 0.3) is 11.4 Å². The summed E-state index contributed by atoms with van der Waals surface area (Å²) < 4.78 is 5.09. The van der Waals surface area contributed by atoms with Crippen molar-refractivity contribution in [2.45, 2.75) is 32.8 Å². The minimum absolute atomic E-state index is 0.0143. The zero-order valence-corrected chi connectivity index (χ0v) is 14.0. The van der Waals surface area contributed by atoms with Crippen molar-refractivity contribution in [2.24, 2.45) is 0 Å². The maximum Gasteiger partial charge on any atom is 0.336 e. The van der Waals surface area contributed by atoms with Crippen LogP contribution in [0.1, 0.15) is 37.0 Å². The van der Waals surface area contributed by atoms with Crippen LogP contribution in [0.4, 0.5) is 0 Å². The number of hydrogen-bond acceptors (Lipinski definition) is 5. The number of rotatable bonds is 7. The lowest BCUT2D eigenvalue weighted by atomic mass is 10.0. The number of nitrogens with zero attached hydrogens (tertiary/aromatic N) is 2. The van der Waals surface area contributed by atoms with Crippen molar-refractivity contribution in [3.63, 3.8) is 0 Å². The second-order valence-electron chi connectivity index (χ2n) is 5.61. The molecule has 2 heterocycles. The molecule has 0 amide bonds. The Bertz CT molecular complexity index is 728. The number of hydrogen-bond donors (Lipinski definition) is 1. The maximum absolute atomic E-state index is 11.9. The molecule has 0 aromatic carbocycles. The lowest BCUT2D eigenvalue weighted by Gasteiger charge is -2.14. The minimum atomic E-state index is -1.13. The first kappa shape index (κ1) is 17.8. The third kappa shape index (κ3) is 4.49. The van der Waals surface area contributed by atoms with Gasteiger partial charge in [-0.1, -0.05) is 19.9 Å². The lowest BCUT2D eigenvalue weighted by Crippen LogP contribution is -2.14. The Morgan fingerprint density at radius 1 is 1.25 bits per heavy atom. The third-order valence-corrected chi connectivity index (χ3v) is 3.60. The molecule has 0 spiro atoms. The number of carbonyl (C=O) groups excluding carboxylic acids is 1. The van der Waals surface area contributed by atoms with Crippen molar-refractivity contribution in [2.75, 3.05) is 6.61 Å². The molecule has 24 heavy (non-hydrogen) atoms. The highest BCUT2D eigenvalue weighted by atomic mass is 16.5. The molecule has 2 aromatic heterocycles. The standard InChI is InChI=1S/C19H22N2O3/c1-4-5-10-24-19(23)14(3)18(22)15-7-9-21-17(12-15)16-11-13(2)6-8-20-16/h6-9,11-12,18,22H,3-5,10H2,1-2H3. The van der Waals surface area contributed by atoms with E-state index in [-0.39, 0.29) is 5.57 Å². The predicted octanol–water partition coefficient (Wildman–Crippen LogP) is 3.38. The molecule has 1 unspecified atom stereocenters. The Morgan fingerprint density at radius 3 is 2.58 bits per heavy atom. The zero-order chi connectivity index (χ0) is 17.5. The SMILES string of the molecule is C=C(C(=O)OCCCC)C(O)c1ccnc(-c2cc(C)ccn2)c1. The van der Waals surface area contributed by atoms with Crippen LogP contribution in [-0.2, 0) is 9.53 Å². The van der Waals surface area contributed by atoms with Crippen LogP contribution in [0.2, 0.25) is 0 Å². The topological polar surface area (TPSA) is 72.3 Å². The molecule has 126 valence electrons. The van der Waals surface area contributed by atoms with Gasteiger partial charge in [-0.25, -0.2) is 4.79 Å². The van der Waals surface area contributed by atoms with Crippen LogP contribution in [0.15, 0.2) is 48.8 Å². The molecule has 0 aliphatic rings. The Hall–Kier alpha value is -2.53. The average Bonchev–Trinajstić information content (AvgIpc) is 2.60. The average molecular weight is 326 g/mol. The van der Waals surface area contributed by atoms with Crippen LogP contribution in [-0.4, -0.2) is 27.7 Å². The van der Waals surface area contributed by atoms with E-state index in [1.54, 1.807) is 24.5 Å². The molecule has 1 atom stereocenters. The smallest absolute Gasteiger partial charge is 0.336 e. The van der Waals surface area contributed by atoms with Crippen molar-refractivity contribution in [3.8, 4) is 11.4 Å². The molecule has 0 saturated carbocycles. The highest BCUT2D eigenvalue weighted by molar-refractivity contribution is 5.89. The van der Waals surface area contributed by atoms with Gasteiger partial charge in [0, 0.05) is 12.4 Å². The van der Waals surface area contributed by atoms with E-state index in [1.807, 2.05) is 26.0 Å². The molecule has 0 aliphatic heterocycles. The van der Waals surface area contributed by atoms with Gasteiger partial charge in [0.05, 0.1) is 23.6 Å². The van der Waals surface area contributed by atoms with Crippen LogP contribution in [0.5, 0.6) is 0 Å². The highest BCUT2D eigenvalue weighted by Crippen LogP contribution is 2.24. The van der Waals surface area contributed by atoms with Gasteiger partial charge in [0.15, 0.2) is 0 Å². The summed E-state index contributed by atoms with van der Waals surface area (Å²) in [5.41, 5.74) is 2.94. The molecule has 5 heteroatoms. The molecule has 0 saturated heterocycles. The van der Waals surface area contributed by atoms with Gasteiger partial charge in [0.1, 0.15) is 6.10 Å². The van der Waals surface area contributed by atoms with E-state index in [0.717, 1.165) is 18.4 Å². The number of aryl methyl sites for hydroxylation is 1. The number of carbonyl (C=O) groups is 1. The minimum Gasteiger partial charge on any atom is -0.462 e. The zero-order valence-electron chi connectivity index (χ0n) is 14.0. The molecule has 0 radical (unpaired) electrons. The van der Waals surface area contributed by atoms with Crippen LogP contribution in [0.3, 0.4) is 0 Å². The van der Waals surface area contributed by atoms with E-state index < -0.39 is 12.1 Å². The molecular formula is C19H22N2O3. The normalized spacial score (nSPS) is 11.8. The van der Waals surface area contributed by atoms with Crippen LogP contribution in [0, 0.1) is 6.92 Å². The Balaban J connectivity index is 2.15. The van der Waals surface area contributed by atoms with E-state index in [1.165, 1.54) is 0 Å². The summed E-state index contributed by atoms with van der Waals surface area (Å²) in [5, 5.41) is 10.4. The van der Waals surface area contributed by atoms with Gasteiger partial charge in [0.25, 0.3) is 0 Å². The van der Waals surface area contributed by atoms with Crippen molar-refractivity contribution in [1.82, 2.24) is 9.97 Å². The number of unbranched alkanes of at least 4 members (excludes halogenated alkanes) is 1. The summed E-state index contributed by atoms with van der Waals surface area (Å²) in [7, 11) is 0. The highest BCUT2D eigenvalue weighted by Gasteiger charge is 2.20. The Kier molecular flexibility index (Phi) is 6.21. The fraction of sp³-hybridized carbons (Fsp3) is 0.316. The fourth-order valence-electron chi connectivity index (χ4n) is 2.15. The van der Waals surface area contributed by atoms with Gasteiger partial charge in [-0.05, 0) is 48.7 Å². The summed E-state index contributed by atoms with van der Waals surface area (Å²) in [6.45, 7) is 7.97. The molecular weight excluding hydrogens is 304 g/mol. The van der Waals surface area contributed by atoms with Gasteiger partial charge in [-0.15, -0.1) is 0 Å². The van der Waals surface area contributed by atoms with E-state index in [2.05, 4.69) is 16.5 Å². The van der Waals surface area contributed by atoms with Crippen molar-refractivity contribution >= 4 is 5.97 Å².